The summed E-state index contributed by atoms with van der Waals surface area (Å²) in [6, 6.07) is 5.62. The Kier molecular flexibility index (Phi) is 4.20. The summed E-state index contributed by atoms with van der Waals surface area (Å²) < 4.78 is 0. The van der Waals surface area contributed by atoms with Crippen LogP contribution in [0.1, 0.15) is 44.0 Å². The fraction of sp³-hybridized carbons (Fsp3) is 0.467. The lowest BCUT2D eigenvalue weighted by molar-refractivity contribution is 0.101. The molecule has 0 radical (unpaired) electrons. The van der Waals surface area contributed by atoms with Crippen LogP contribution in [-0.4, -0.2) is 28.8 Å². The maximum atomic E-state index is 11.4. The molecule has 0 atom stereocenters. The van der Waals surface area contributed by atoms with E-state index in [4.69, 9.17) is 0 Å². The predicted molar refractivity (Wildman–Crippen MR) is 78.9 cm³/mol. The van der Waals surface area contributed by atoms with Gasteiger partial charge in [0.25, 0.3) is 0 Å². The molecule has 0 unspecified atom stereocenters. The van der Waals surface area contributed by atoms with Crippen LogP contribution in [-0.2, 0) is 0 Å². The summed E-state index contributed by atoms with van der Waals surface area (Å²) in [5, 5.41) is 0. The summed E-state index contributed by atoms with van der Waals surface area (Å²) in [5.74, 6) is 0.983. The summed E-state index contributed by atoms with van der Waals surface area (Å²) in [6.45, 7) is 7.90. The Bertz CT molecular complexity index is 568. The van der Waals surface area contributed by atoms with E-state index in [1.54, 1.807) is 6.92 Å². The molecular weight excluding hydrogens is 238 g/mol. The van der Waals surface area contributed by atoms with Gasteiger partial charge in [-0.15, -0.1) is 0 Å². The maximum Gasteiger partial charge on any atom is 0.203 e. The lowest BCUT2D eigenvalue weighted by Gasteiger charge is -2.19. The molecule has 0 aliphatic heterocycles. The molecule has 1 heterocycles. The van der Waals surface area contributed by atoms with Gasteiger partial charge in [0.15, 0.2) is 5.78 Å². The molecule has 0 spiro atoms. The Morgan fingerprint density at radius 3 is 2.53 bits per heavy atom. The summed E-state index contributed by atoms with van der Waals surface area (Å²) >= 11 is 0. The second kappa shape index (κ2) is 5.87. The number of H-pyrrole nitrogens is 1. The fourth-order valence-corrected chi connectivity index (χ4v) is 2.23. The highest BCUT2D eigenvalue weighted by Gasteiger charge is 2.11. The number of imidazole rings is 1. The van der Waals surface area contributed by atoms with E-state index >= 15 is 0 Å². The van der Waals surface area contributed by atoms with E-state index in [0.29, 0.717) is 0 Å². The van der Waals surface area contributed by atoms with Gasteiger partial charge in [-0.3, -0.25) is 4.79 Å². The monoisotopic (exact) mass is 259 g/mol. The number of carbonyl (C=O) groups excluding carboxylic acids is 1. The Hall–Kier alpha value is -1.84. The molecule has 4 heteroatoms. The van der Waals surface area contributed by atoms with Gasteiger partial charge in [-0.1, -0.05) is 13.8 Å². The van der Waals surface area contributed by atoms with Gasteiger partial charge in [0.1, 0.15) is 0 Å². The van der Waals surface area contributed by atoms with Crippen molar-refractivity contribution in [3.8, 4) is 0 Å². The average molecular weight is 259 g/mol. The molecule has 0 saturated carbocycles. The Morgan fingerprint density at radius 2 is 1.95 bits per heavy atom. The average Bonchev–Trinajstić information content (AvgIpc) is 2.80. The minimum atomic E-state index is 0.0806. The minimum Gasteiger partial charge on any atom is -0.342 e. The number of rotatable bonds is 6. The van der Waals surface area contributed by atoms with Crippen LogP contribution in [0.3, 0.4) is 0 Å². The van der Waals surface area contributed by atoms with Gasteiger partial charge in [0.05, 0.1) is 11.0 Å². The zero-order valence-corrected chi connectivity index (χ0v) is 11.9. The van der Waals surface area contributed by atoms with Crippen LogP contribution >= 0.6 is 0 Å². The summed E-state index contributed by atoms with van der Waals surface area (Å²) in [4.78, 5) is 21.6. The van der Waals surface area contributed by atoms with Crippen LogP contribution < -0.4 is 4.90 Å². The third kappa shape index (κ3) is 2.95. The fourth-order valence-electron chi connectivity index (χ4n) is 2.23. The Balaban J connectivity index is 2.36. The molecule has 0 amide bonds. The molecule has 1 aromatic carbocycles. The normalized spacial score (nSPS) is 10.9. The van der Waals surface area contributed by atoms with Crippen molar-refractivity contribution >= 4 is 22.8 Å². The number of fused-ring (bicyclic) bond motifs is 1. The molecule has 2 rings (SSSR count). The molecule has 0 aliphatic carbocycles. The van der Waals surface area contributed by atoms with Gasteiger partial charge in [0.2, 0.25) is 5.95 Å². The van der Waals surface area contributed by atoms with E-state index in [1.807, 2.05) is 18.2 Å². The second-order valence-electron chi connectivity index (χ2n) is 4.84. The molecule has 4 nitrogen and oxygen atoms in total. The third-order valence-electron chi connectivity index (χ3n) is 3.16. The van der Waals surface area contributed by atoms with Gasteiger partial charge in [0, 0.05) is 18.7 Å². The molecule has 102 valence electrons. The molecule has 0 aliphatic rings. The van der Waals surface area contributed by atoms with Crippen molar-refractivity contribution in [1.82, 2.24) is 9.97 Å². The quantitative estimate of drug-likeness (QED) is 0.809. The zero-order valence-electron chi connectivity index (χ0n) is 11.9. The third-order valence-corrected chi connectivity index (χ3v) is 3.16. The predicted octanol–water partition coefficient (Wildman–Crippen LogP) is 3.39. The van der Waals surface area contributed by atoms with E-state index in [0.717, 1.165) is 48.5 Å². The van der Waals surface area contributed by atoms with E-state index in [-0.39, 0.29) is 5.78 Å². The molecule has 1 aromatic heterocycles. The van der Waals surface area contributed by atoms with E-state index < -0.39 is 0 Å². The number of Topliss-reactive ketones (excluding diaryl/α,β-unsaturated/α-hetero) is 1. The number of aromatic nitrogens is 2. The van der Waals surface area contributed by atoms with Crippen molar-refractivity contribution in [2.45, 2.75) is 33.6 Å². The number of carbonyl (C=O) groups is 1. The number of aromatic amines is 1. The van der Waals surface area contributed by atoms with Crippen molar-refractivity contribution in [3.05, 3.63) is 23.8 Å². The van der Waals surface area contributed by atoms with Gasteiger partial charge >= 0.3 is 0 Å². The van der Waals surface area contributed by atoms with Gasteiger partial charge < -0.3 is 9.88 Å². The van der Waals surface area contributed by atoms with Crippen molar-refractivity contribution in [1.29, 1.82) is 0 Å². The van der Waals surface area contributed by atoms with Crippen molar-refractivity contribution < 1.29 is 4.79 Å². The first-order valence-electron chi connectivity index (χ1n) is 6.91. The van der Waals surface area contributed by atoms with Crippen LogP contribution in [0.4, 0.5) is 5.95 Å². The van der Waals surface area contributed by atoms with Crippen LogP contribution in [0.25, 0.3) is 11.0 Å². The standard InChI is InChI=1S/C15H21N3O/c1-4-8-18(9-5-2)15-16-13-7-6-12(11(3)19)10-14(13)17-15/h6-7,10H,4-5,8-9H2,1-3H3,(H,16,17). The first-order chi connectivity index (χ1) is 9.15. The molecule has 1 N–H and O–H groups in total. The molecular formula is C15H21N3O. The Morgan fingerprint density at radius 1 is 1.26 bits per heavy atom. The highest BCUT2D eigenvalue weighted by atomic mass is 16.1. The molecule has 19 heavy (non-hydrogen) atoms. The zero-order chi connectivity index (χ0) is 13.8. The molecule has 0 saturated heterocycles. The smallest absolute Gasteiger partial charge is 0.203 e. The maximum absolute atomic E-state index is 11.4. The number of hydrogen-bond donors (Lipinski definition) is 1. The number of ketones is 1. The lowest BCUT2D eigenvalue weighted by atomic mass is 10.1. The molecule has 0 bridgehead atoms. The Labute approximate surface area is 113 Å². The van der Waals surface area contributed by atoms with Crippen molar-refractivity contribution in [2.75, 3.05) is 18.0 Å². The van der Waals surface area contributed by atoms with Crippen LogP contribution in [0.15, 0.2) is 18.2 Å². The van der Waals surface area contributed by atoms with Crippen LogP contribution in [0.5, 0.6) is 0 Å². The molecule has 0 fully saturated rings. The van der Waals surface area contributed by atoms with E-state index in [9.17, 15) is 4.79 Å². The molecule has 2 aromatic rings. The van der Waals surface area contributed by atoms with Crippen molar-refractivity contribution in [2.24, 2.45) is 0 Å². The van der Waals surface area contributed by atoms with Gasteiger partial charge in [-0.05, 0) is 38.0 Å². The highest BCUT2D eigenvalue weighted by molar-refractivity contribution is 5.97. The minimum absolute atomic E-state index is 0.0806. The van der Waals surface area contributed by atoms with Crippen molar-refractivity contribution in [3.63, 3.8) is 0 Å². The van der Waals surface area contributed by atoms with Crippen LogP contribution in [0.2, 0.25) is 0 Å². The summed E-state index contributed by atoms with van der Waals surface area (Å²) in [7, 11) is 0. The topological polar surface area (TPSA) is 49.0 Å². The first-order valence-corrected chi connectivity index (χ1v) is 6.91. The van der Waals surface area contributed by atoms with Gasteiger partial charge in [-0.25, -0.2) is 4.98 Å². The number of anilines is 1. The number of nitrogens with zero attached hydrogens (tertiary/aromatic N) is 2. The number of nitrogens with one attached hydrogen (secondary N) is 1. The number of benzene rings is 1. The summed E-state index contributed by atoms with van der Waals surface area (Å²) in [5.41, 5.74) is 2.57. The lowest BCUT2D eigenvalue weighted by Crippen LogP contribution is -2.25. The van der Waals surface area contributed by atoms with E-state index in [2.05, 4.69) is 28.7 Å². The van der Waals surface area contributed by atoms with Gasteiger partial charge in [-0.2, -0.15) is 0 Å². The first kappa shape index (κ1) is 13.6. The van der Waals surface area contributed by atoms with Crippen LogP contribution in [0, 0.1) is 0 Å². The second-order valence-corrected chi connectivity index (χ2v) is 4.84. The number of hydrogen-bond acceptors (Lipinski definition) is 3. The van der Waals surface area contributed by atoms with E-state index in [1.165, 1.54) is 0 Å². The SMILES string of the molecule is CCCN(CCC)c1nc2ccc(C(C)=O)cc2[nH]1. The summed E-state index contributed by atoms with van der Waals surface area (Å²) in [6.07, 6.45) is 2.19. The largest absolute Gasteiger partial charge is 0.342 e. The highest BCUT2D eigenvalue weighted by Crippen LogP contribution is 2.19.